The molecule has 0 radical (unpaired) electrons. The summed E-state index contributed by atoms with van der Waals surface area (Å²) < 4.78 is 11.0. The molecule has 1 aromatic rings. The molecule has 0 amide bonds. The molecular weight excluding hydrogens is 168 g/mol. The molecule has 1 aliphatic rings. The van der Waals surface area contributed by atoms with Crippen LogP contribution in [0.15, 0.2) is 18.2 Å². The van der Waals surface area contributed by atoms with Gasteiger partial charge in [-0.25, -0.2) is 0 Å². The zero-order valence-corrected chi connectivity index (χ0v) is 7.49. The first-order valence-corrected chi connectivity index (χ1v) is 4.31. The first kappa shape index (κ1) is 8.38. The van der Waals surface area contributed by atoms with Gasteiger partial charge in [-0.3, -0.25) is 0 Å². The van der Waals surface area contributed by atoms with Crippen molar-refractivity contribution >= 4 is 0 Å². The number of aliphatic hydroxyl groups is 1. The Labute approximate surface area is 76.9 Å². The highest BCUT2D eigenvalue weighted by molar-refractivity contribution is 5.46. The van der Waals surface area contributed by atoms with E-state index in [0.717, 1.165) is 17.1 Å². The zero-order chi connectivity index (χ0) is 9.26. The Balaban J connectivity index is 2.31. The van der Waals surface area contributed by atoms with Crippen molar-refractivity contribution in [2.75, 3.05) is 13.2 Å². The Morgan fingerprint density at radius 3 is 3.15 bits per heavy atom. The summed E-state index contributed by atoms with van der Waals surface area (Å²) in [5.41, 5.74) is 1.06. The fourth-order valence-electron chi connectivity index (χ4n) is 1.38. The van der Waals surface area contributed by atoms with Crippen molar-refractivity contribution in [3.63, 3.8) is 0 Å². The summed E-state index contributed by atoms with van der Waals surface area (Å²) in [4.78, 5) is 0. The molecule has 0 aromatic heterocycles. The zero-order valence-electron chi connectivity index (χ0n) is 7.49. The highest BCUT2D eigenvalue weighted by atomic mass is 16.6. The second-order valence-electron chi connectivity index (χ2n) is 3.14. The van der Waals surface area contributed by atoms with E-state index < -0.39 is 0 Å². The van der Waals surface area contributed by atoms with Gasteiger partial charge in [0.2, 0.25) is 0 Å². The van der Waals surface area contributed by atoms with Gasteiger partial charge in [-0.05, 0) is 18.6 Å². The van der Waals surface area contributed by atoms with Crippen LogP contribution in [0, 0.1) is 6.92 Å². The van der Waals surface area contributed by atoms with Gasteiger partial charge in [-0.1, -0.05) is 12.1 Å². The van der Waals surface area contributed by atoms with E-state index >= 15 is 0 Å². The van der Waals surface area contributed by atoms with Gasteiger partial charge in [-0.2, -0.15) is 0 Å². The van der Waals surface area contributed by atoms with E-state index in [1.165, 1.54) is 0 Å². The van der Waals surface area contributed by atoms with Crippen LogP contribution in [0.25, 0.3) is 0 Å². The van der Waals surface area contributed by atoms with Crippen molar-refractivity contribution in [1.29, 1.82) is 0 Å². The first-order chi connectivity index (χ1) is 6.31. The maximum absolute atomic E-state index is 8.88. The van der Waals surface area contributed by atoms with Crippen molar-refractivity contribution in [1.82, 2.24) is 0 Å². The molecule has 2 rings (SSSR count). The second kappa shape index (κ2) is 3.26. The molecule has 1 aromatic carbocycles. The monoisotopic (exact) mass is 180 g/mol. The summed E-state index contributed by atoms with van der Waals surface area (Å²) >= 11 is 0. The van der Waals surface area contributed by atoms with Gasteiger partial charge < -0.3 is 14.6 Å². The lowest BCUT2D eigenvalue weighted by molar-refractivity contribution is 0.0452. The van der Waals surface area contributed by atoms with Gasteiger partial charge in [0.05, 0.1) is 6.61 Å². The van der Waals surface area contributed by atoms with Crippen molar-refractivity contribution in [2.45, 2.75) is 13.0 Å². The highest BCUT2D eigenvalue weighted by Crippen LogP contribution is 2.34. The summed E-state index contributed by atoms with van der Waals surface area (Å²) in [5.74, 6) is 1.53. The van der Waals surface area contributed by atoms with Crippen LogP contribution in [0.5, 0.6) is 11.5 Å². The molecule has 0 spiro atoms. The number of aryl methyl sites for hydroxylation is 1. The molecule has 1 heterocycles. The molecule has 13 heavy (non-hydrogen) atoms. The van der Waals surface area contributed by atoms with Gasteiger partial charge in [0, 0.05) is 0 Å². The minimum absolute atomic E-state index is 0.00657. The van der Waals surface area contributed by atoms with Crippen molar-refractivity contribution in [2.24, 2.45) is 0 Å². The van der Waals surface area contributed by atoms with Crippen LogP contribution in [-0.2, 0) is 0 Å². The highest BCUT2D eigenvalue weighted by Gasteiger charge is 2.20. The predicted octanol–water partition coefficient (Wildman–Crippen LogP) is 1.13. The fraction of sp³-hybridized carbons (Fsp3) is 0.400. The molecule has 0 fully saturated rings. The van der Waals surface area contributed by atoms with Crippen molar-refractivity contribution < 1.29 is 14.6 Å². The summed E-state index contributed by atoms with van der Waals surface area (Å²) in [6.45, 7) is 2.39. The van der Waals surface area contributed by atoms with Crippen molar-refractivity contribution in [3.05, 3.63) is 23.8 Å². The molecule has 1 atom stereocenters. The molecular formula is C10H12O3. The largest absolute Gasteiger partial charge is 0.485 e. The lowest BCUT2D eigenvalue weighted by Gasteiger charge is -2.26. The summed E-state index contributed by atoms with van der Waals surface area (Å²) in [7, 11) is 0. The summed E-state index contributed by atoms with van der Waals surface area (Å²) in [6, 6.07) is 5.74. The van der Waals surface area contributed by atoms with E-state index in [9.17, 15) is 0 Å². The number of para-hydroxylation sites is 1. The topological polar surface area (TPSA) is 38.7 Å². The Morgan fingerprint density at radius 2 is 2.38 bits per heavy atom. The van der Waals surface area contributed by atoms with Gasteiger partial charge in [-0.15, -0.1) is 0 Å². The van der Waals surface area contributed by atoms with Crippen LogP contribution in [0.4, 0.5) is 0 Å². The van der Waals surface area contributed by atoms with Gasteiger partial charge >= 0.3 is 0 Å². The minimum atomic E-state index is -0.228. The van der Waals surface area contributed by atoms with E-state index in [1.54, 1.807) is 0 Å². The number of hydrogen-bond acceptors (Lipinski definition) is 3. The normalized spacial score (nSPS) is 20.0. The predicted molar refractivity (Wildman–Crippen MR) is 48.2 cm³/mol. The van der Waals surface area contributed by atoms with Crippen LogP contribution in [0.3, 0.4) is 0 Å². The maximum atomic E-state index is 8.88. The molecule has 70 valence electrons. The van der Waals surface area contributed by atoms with Gasteiger partial charge in [0.1, 0.15) is 6.61 Å². The quantitative estimate of drug-likeness (QED) is 0.704. The Morgan fingerprint density at radius 1 is 1.54 bits per heavy atom. The van der Waals surface area contributed by atoms with Gasteiger partial charge in [0.15, 0.2) is 17.6 Å². The molecule has 0 saturated heterocycles. The molecule has 0 saturated carbocycles. The number of aliphatic hydroxyl groups excluding tert-OH is 1. The Bertz CT molecular complexity index is 309. The smallest absolute Gasteiger partial charge is 0.164 e. The van der Waals surface area contributed by atoms with Crippen molar-refractivity contribution in [3.8, 4) is 11.5 Å². The van der Waals surface area contributed by atoms with Crippen LogP contribution in [-0.4, -0.2) is 24.4 Å². The lowest BCUT2D eigenvalue weighted by atomic mass is 10.2. The number of rotatable bonds is 1. The third-order valence-electron chi connectivity index (χ3n) is 2.09. The molecule has 0 aliphatic carbocycles. The van der Waals surface area contributed by atoms with E-state index in [-0.39, 0.29) is 12.7 Å². The molecule has 3 nitrogen and oxygen atoms in total. The standard InChI is InChI=1S/C10H12O3/c1-7-3-2-4-9-10(7)12-6-8(5-11)13-9/h2-4,8,11H,5-6H2,1H3/t8-/m1/s1. The first-order valence-electron chi connectivity index (χ1n) is 4.31. The van der Waals surface area contributed by atoms with Gasteiger partial charge in [0.25, 0.3) is 0 Å². The Kier molecular flexibility index (Phi) is 2.10. The minimum Gasteiger partial charge on any atom is -0.485 e. The second-order valence-corrected chi connectivity index (χ2v) is 3.14. The van der Waals surface area contributed by atoms with E-state index in [0.29, 0.717) is 6.61 Å². The van der Waals surface area contributed by atoms with E-state index in [4.69, 9.17) is 14.6 Å². The third-order valence-corrected chi connectivity index (χ3v) is 2.09. The van der Waals surface area contributed by atoms with Crippen LogP contribution < -0.4 is 9.47 Å². The lowest BCUT2D eigenvalue weighted by Crippen LogP contribution is -2.32. The van der Waals surface area contributed by atoms with Crippen LogP contribution in [0.2, 0.25) is 0 Å². The number of ether oxygens (including phenoxy) is 2. The average molecular weight is 180 g/mol. The fourth-order valence-corrected chi connectivity index (χ4v) is 1.38. The SMILES string of the molecule is Cc1cccc2c1OC[C@@H](CO)O2. The number of fused-ring (bicyclic) bond motifs is 1. The van der Waals surface area contributed by atoms with Crippen LogP contribution in [0.1, 0.15) is 5.56 Å². The number of hydrogen-bond donors (Lipinski definition) is 1. The third kappa shape index (κ3) is 1.47. The Hall–Kier alpha value is -1.22. The maximum Gasteiger partial charge on any atom is 0.164 e. The average Bonchev–Trinajstić information content (AvgIpc) is 2.18. The van der Waals surface area contributed by atoms with E-state index in [2.05, 4.69) is 0 Å². The molecule has 3 heteroatoms. The molecule has 0 bridgehead atoms. The number of benzene rings is 1. The molecule has 0 unspecified atom stereocenters. The van der Waals surface area contributed by atoms with Crippen LogP contribution >= 0.6 is 0 Å². The summed E-state index contributed by atoms with van der Waals surface area (Å²) in [6.07, 6.45) is -0.228. The summed E-state index contributed by atoms with van der Waals surface area (Å²) in [5, 5.41) is 8.88. The molecule has 1 N–H and O–H groups in total. The molecule has 1 aliphatic heterocycles. The van der Waals surface area contributed by atoms with E-state index in [1.807, 2.05) is 25.1 Å².